The molecule has 0 aliphatic carbocycles. The van der Waals surface area contributed by atoms with Crippen LogP contribution in [0.3, 0.4) is 0 Å². The number of H-pyrrole nitrogens is 1. The Kier molecular flexibility index (Phi) is 4.60. The average molecular weight is 385 g/mol. The zero-order valence-corrected chi connectivity index (χ0v) is 16.2. The van der Waals surface area contributed by atoms with E-state index in [-0.39, 0.29) is 5.91 Å². The van der Waals surface area contributed by atoms with Crippen molar-refractivity contribution in [2.24, 2.45) is 4.99 Å². The normalized spacial score (nSPS) is 18.8. The largest absolute Gasteiger partial charge is 0.346 e. The van der Waals surface area contributed by atoms with Crippen LogP contribution in [0, 0.1) is 0 Å². The topological polar surface area (TPSA) is 73.4 Å². The third-order valence-electron chi connectivity index (χ3n) is 5.55. The number of hydrogen-bond donors (Lipinski definition) is 2. The first-order valence-corrected chi connectivity index (χ1v) is 10.2. The highest BCUT2D eigenvalue weighted by Gasteiger charge is 2.25. The van der Waals surface area contributed by atoms with Crippen molar-refractivity contribution >= 4 is 29.0 Å². The van der Waals surface area contributed by atoms with Crippen molar-refractivity contribution in [1.82, 2.24) is 20.2 Å². The van der Waals surface area contributed by atoms with E-state index in [0.29, 0.717) is 11.7 Å². The molecule has 2 aromatic heterocycles. The van der Waals surface area contributed by atoms with Crippen molar-refractivity contribution in [2.45, 2.75) is 25.7 Å². The number of aliphatic imine (C=N–C) groups is 1. The first kappa shape index (κ1) is 17.7. The zero-order valence-electron chi connectivity index (χ0n) is 16.2. The minimum Gasteiger partial charge on any atom is -0.346 e. The fraction of sp³-hybridized carbons (Fsp3) is 0.261. The minimum absolute atomic E-state index is 0.147. The molecular formula is C23H23N5O. The molecule has 6 nitrogen and oxygen atoms in total. The lowest BCUT2D eigenvalue weighted by molar-refractivity contribution is -0.115. The van der Waals surface area contributed by atoms with E-state index in [2.05, 4.69) is 43.4 Å². The van der Waals surface area contributed by atoms with Gasteiger partial charge in [0.05, 0.1) is 0 Å². The summed E-state index contributed by atoms with van der Waals surface area (Å²) in [5, 5.41) is 3.92. The Balaban J connectivity index is 1.49. The number of nitrogens with one attached hydrogen (secondary N) is 2. The van der Waals surface area contributed by atoms with E-state index in [1.807, 2.05) is 36.7 Å². The van der Waals surface area contributed by atoms with E-state index in [9.17, 15) is 4.79 Å². The molecular weight excluding hydrogens is 362 g/mol. The average Bonchev–Trinajstić information content (AvgIpc) is 3.20. The number of guanidine groups is 1. The molecule has 0 saturated carbocycles. The molecule has 1 saturated heterocycles. The van der Waals surface area contributed by atoms with Gasteiger partial charge in [-0.2, -0.15) is 0 Å². The van der Waals surface area contributed by atoms with Gasteiger partial charge in [-0.25, -0.2) is 9.98 Å². The molecule has 4 heterocycles. The highest BCUT2D eigenvalue weighted by molar-refractivity contribution is 6.14. The van der Waals surface area contributed by atoms with Gasteiger partial charge < -0.3 is 9.88 Å². The third kappa shape index (κ3) is 3.53. The molecule has 0 unspecified atom stereocenters. The number of likely N-dealkylation sites (tertiary alicyclic amines) is 1. The number of aromatic nitrogens is 2. The molecule has 3 aromatic rings. The van der Waals surface area contributed by atoms with Crippen LogP contribution >= 0.6 is 0 Å². The maximum absolute atomic E-state index is 12.5. The van der Waals surface area contributed by atoms with Gasteiger partial charge in [0.25, 0.3) is 5.91 Å². The molecule has 1 amide bonds. The van der Waals surface area contributed by atoms with Crippen LogP contribution in [0.15, 0.2) is 59.5 Å². The van der Waals surface area contributed by atoms with Gasteiger partial charge in [-0.3, -0.25) is 10.1 Å². The maximum Gasteiger partial charge on any atom is 0.276 e. The Morgan fingerprint density at radius 1 is 1.00 bits per heavy atom. The molecule has 1 aromatic carbocycles. The number of carbonyl (C=O) groups is 1. The van der Waals surface area contributed by atoms with E-state index in [1.165, 1.54) is 12.8 Å². The van der Waals surface area contributed by atoms with Gasteiger partial charge in [0.1, 0.15) is 11.3 Å². The van der Waals surface area contributed by atoms with Crippen LogP contribution in [-0.4, -0.2) is 39.8 Å². The van der Waals surface area contributed by atoms with Gasteiger partial charge in [-0.05, 0) is 30.5 Å². The second-order valence-corrected chi connectivity index (χ2v) is 7.55. The number of carbonyl (C=O) groups excluding carboxylic acids is 1. The first-order valence-electron chi connectivity index (χ1n) is 10.2. The van der Waals surface area contributed by atoms with Crippen molar-refractivity contribution in [1.29, 1.82) is 0 Å². The summed E-state index contributed by atoms with van der Waals surface area (Å²) in [5.74, 6) is 0.539. The van der Waals surface area contributed by atoms with Crippen LogP contribution < -0.4 is 5.32 Å². The smallest absolute Gasteiger partial charge is 0.276 e. The predicted octanol–water partition coefficient (Wildman–Crippen LogP) is 3.93. The molecule has 5 rings (SSSR count). The molecule has 0 bridgehead atoms. The Bertz CT molecular complexity index is 1100. The van der Waals surface area contributed by atoms with Crippen LogP contribution in [0.25, 0.3) is 28.2 Å². The molecule has 0 atom stereocenters. The number of aromatic amines is 1. The number of benzene rings is 1. The number of amides is 1. The number of fused-ring (bicyclic) bond motifs is 1. The van der Waals surface area contributed by atoms with E-state index in [4.69, 9.17) is 0 Å². The maximum atomic E-state index is 12.5. The van der Waals surface area contributed by atoms with Crippen LogP contribution in [0.5, 0.6) is 0 Å². The molecule has 1 fully saturated rings. The summed E-state index contributed by atoms with van der Waals surface area (Å²) in [4.78, 5) is 27.0. The summed E-state index contributed by atoms with van der Waals surface area (Å²) in [7, 11) is 0. The second-order valence-electron chi connectivity index (χ2n) is 7.55. The van der Waals surface area contributed by atoms with Crippen molar-refractivity contribution < 1.29 is 4.79 Å². The Morgan fingerprint density at radius 3 is 2.59 bits per heavy atom. The first-order chi connectivity index (χ1) is 14.3. The predicted molar refractivity (Wildman–Crippen MR) is 115 cm³/mol. The van der Waals surface area contributed by atoms with Gasteiger partial charge in [0.15, 0.2) is 0 Å². The summed E-state index contributed by atoms with van der Waals surface area (Å²) in [5.41, 5.74) is 4.31. The van der Waals surface area contributed by atoms with Crippen molar-refractivity contribution in [3.63, 3.8) is 0 Å². The molecule has 2 aliphatic heterocycles. The Morgan fingerprint density at radius 2 is 1.79 bits per heavy atom. The highest BCUT2D eigenvalue weighted by Crippen LogP contribution is 2.26. The molecule has 0 radical (unpaired) electrons. The van der Waals surface area contributed by atoms with Gasteiger partial charge >= 0.3 is 0 Å². The van der Waals surface area contributed by atoms with Gasteiger partial charge in [0.2, 0.25) is 5.96 Å². The van der Waals surface area contributed by atoms with Crippen molar-refractivity contribution in [3.05, 3.63) is 60.1 Å². The Labute approximate surface area is 169 Å². The summed E-state index contributed by atoms with van der Waals surface area (Å²) >= 11 is 0. The fourth-order valence-electron chi connectivity index (χ4n) is 3.97. The summed E-state index contributed by atoms with van der Waals surface area (Å²) < 4.78 is 0. The number of rotatable bonds is 2. The second kappa shape index (κ2) is 7.54. The van der Waals surface area contributed by atoms with Crippen molar-refractivity contribution in [2.75, 3.05) is 13.1 Å². The van der Waals surface area contributed by atoms with Crippen molar-refractivity contribution in [3.8, 4) is 11.1 Å². The van der Waals surface area contributed by atoms with Crippen LogP contribution in [0.4, 0.5) is 0 Å². The summed E-state index contributed by atoms with van der Waals surface area (Å²) in [6, 6.07) is 12.3. The lowest BCUT2D eigenvalue weighted by atomic mass is 10.1. The number of nitrogens with zero attached hydrogens (tertiary/aromatic N) is 3. The SMILES string of the molecule is O=C1NC(N2CCCCCC2)=NC1=Cc1c[nH]c2ncc(-c3ccccc3)cc12. The summed E-state index contributed by atoms with van der Waals surface area (Å²) in [6.45, 7) is 1.90. The lowest BCUT2D eigenvalue weighted by Gasteiger charge is -2.20. The van der Waals surface area contributed by atoms with E-state index in [1.54, 1.807) is 0 Å². The minimum atomic E-state index is -0.147. The van der Waals surface area contributed by atoms with Gasteiger partial charge in [-0.15, -0.1) is 0 Å². The molecule has 6 heteroatoms. The van der Waals surface area contributed by atoms with Crippen LogP contribution in [0.1, 0.15) is 31.2 Å². The lowest BCUT2D eigenvalue weighted by Crippen LogP contribution is -2.40. The number of pyridine rings is 1. The molecule has 2 N–H and O–H groups in total. The number of hydrogen-bond acceptors (Lipinski definition) is 4. The zero-order chi connectivity index (χ0) is 19.6. The van der Waals surface area contributed by atoms with E-state index >= 15 is 0 Å². The fourth-order valence-corrected chi connectivity index (χ4v) is 3.97. The van der Waals surface area contributed by atoms with Crippen LogP contribution in [0.2, 0.25) is 0 Å². The van der Waals surface area contributed by atoms with Gasteiger partial charge in [-0.1, -0.05) is 43.2 Å². The quantitative estimate of drug-likeness (QED) is 0.657. The third-order valence-corrected chi connectivity index (χ3v) is 5.55. The monoisotopic (exact) mass is 385 g/mol. The van der Waals surface area contributed by atoms with Gasteiger partial charge in [0, 0.05) is 42.0 Å². The Hall–Kier alpha value is -3.41. The molecule has 146 valence electrons. The molecule has 0 spiro atoms. The molecule has 29 heavy (non-hydrogen) atoms. The standard InChI is InChI=1S/C23H23N5O/c29-22-20(26-23(27-22)28-10-6-1-2-7-11-28)13-18-15-25-21-19(18)12-17(14-24-21)16-8-4-3-5-9-16/h3-5,8-9,12-15H,1-2,6-7,10-11H2,(H,24,25)(H,26,27,29). The molecule has 2 aliphatic rings. The highest BCUT2D eigenvalue weighted by atomic mass is 16.2. The van der Waals surface area contributed by atoms with Crippen LogP contribution in [-0.2, 0) is 4.79 Å². The van der Waals surface area contributed by atoms with E-state index < -0.39 is 0 Å². The summed E-state index contributed by atoms with van der Waals surface area (Å²) in [6.07, 6.45) is 10.4. The van der Waals surface area contributed by atoms with E-state index in [0.717, 1.165) is 53.7 Å².